The van der Waals surface area contributed by atoms with Gasteiger partial charge in [-0.05, 0) is 101 Å². The molecule has 8 saturated carbocycles. The Morgan fingerprint density at radius 2 is 1.00 bits per heavy atom. The van der Waals surface area contributed by atoms with Crippen molar-refractivity contribution < 1.29 is 24.4 Å². The van der Waals surface area contributed by atoms with Gasteiger partial charge < -0.3 is 14.8 Å². The van der Waals surface area contributed by atoms with E-state index in [1.807, 2.05) is 0 Å². The summed E-state index contributed by atoms with van der Waals surface area (Å²) in [5.74, 6) is -0.243. The highest BCUT2D eigenvalue weighted by Gasteiger charge is 2.74. The van der Waals surface area contributed by atoms with E-state index < -0.39 is 39.6 Å². The van der Waals surface area contributed by atoms with E-state index in [0.717, 1.165) is 38.5 Å². The van der Waals surface area contributed by atoms with E-state index in [9.17, 15) is 24.4 Å². The van der Waals surface area contributed by atoms with Crippen LogP contribution in [0.15, 0.2) is 0 Å². The van der Waals surface area contributed by atoms with Crippen molar-refractivity contribution in [2.24, 2.45) is 34.5 Å². The molecule has 29 heavy (non-hydrogen) atoms. The molecule has 5 nitrogen and oxygen atoms in total. The molecule has 0 aromatic carbocycles. The standard InChI is InChI=1S/C22H30ClO5P/c23-29(28,21-7-13-1-14(8-21)4-19(3-13,11-21)17(24)25)22-9-15-2-16(10-22)6-20(5-15,12-22)18(26)27/h13-16H,1-12H2,(H,24,25)(H,26,27)/t13-,14+,15-,16+,19?,20?,21?,22?,29?. The molecule has 0 aromatic rings. The maximum Gasteiger partial charge on any atom is 0.309 e. The van der Waals surface area contributed by atoms with Crippen molar-refractivity contribution in [3.8, 4) is 0 Å². The molecule has 8 fully saturated rings. The van der Waals surface area contributed by atoms with Crippen LogP contribution in [-0.4, -0.2) is 32.5 Å². The monoisotopic (exact) mass is 440 g/mol. The molecule has 4 unspecified atom stereocenters. The second-order valence-electron chi connectivity index (χ2n) is 12.1. The summed E-state index contributed by atoms with van der Waals surface area (Å²) in [5.41, 5.74) is -1.52. The van der Waals surface area contributed by atoms with Crippen LogP contribution in [0.5, 0.6) is 0 Å². The van der Waals surface area contributed by atoms with Crippen molar-refractivity contribution >= 4 is 29.7 Å². The van der Waals surface area contributed by atoms with Crippen LogP contribution in [0, 0.1) is 34.5 Å². The first-order valence-electron chi connectivity index (χ1n) is 11.3. The molecule has 0 aliphatic heterocycles. The zero-order valence-electron chi connectivity index (χ0n) is 16.7. The number of carboxylic acids is 2. The maximum atomic E-state index is 14.8. The Labute approximate surface area is 176 Å². The zero-order valence-corrected chi connectivity index (χ0v) is 18.4. The predicted molar refractivity (Wildman–Crippen MR) is 108 cm³/mol. The van der Waals surface area contributed by atoms with Crippen LogP contribution >= 0.6 is 17.7 Å². The second-order valence-corrected chi connectivity index (χ2v) is 16.5. The SMILES string of the molecule is O=C(O)C12C[C@H]3C[C@@H](C1)CC(P(=O)(Cl)C14C[C@@H]5C[C@@H](CC(C(=O)O)(C5)C1)C4)(C3)C2. The van der Waals surface area contributed by atoms with Crippen molar-refractivity contribution in [3.63, 3.8) is 0 Å². The first-order chi connectivity index (χ1) is 13.5. The molecule has 160 valence electrons. The number of rotatable bonds is 4. The van der Waals surface area contributed by atoms with Crippen molar-refractivity contribution in [2.45, 2.75) is 87.4 Å². The van der Waals surface area contributed by atoms with Gasteiger partial charge in [-0.25, -0.2) is 0 Å². The lowest BCUT2D eigenvalue weighted by Gasteiger charge is -2.67. The number of halogens is 1. The van der Waals surface area contributed by atoms with Crippen molar-refractivity contribution in [3.05, 3.63) is 0 Å². The molecule has 0 aromatic heterocycles. The molecule has 8 atom stereocenters. The highest BCUT2D eigenvalue weighted by atomic mass is 35.7. The average molecular weight is 441 g/mol. The topological polar surface area (TPSA) is 91.7 Å². The summed E-state index contributed by atoms with van der Waals surface area (Å²) in [6.45, 7) is -3.31. The van der Waals surface area contributed by atoms with Gasteiger partial charge in [0.1, 0.15) is 0 Å². The number of carboxylic acid groups (broad SMARTS) is 2. The smallest absolute Gasteiger partial charge is 0.309 e. The van der Waals surface area contributed by atoms with E-state index in [0.29, 0.717) is 62.2 Å². The fourth-order valence-electron chi connectivity index (χ4n) is 10.1. The molecule has 2 N–H and O–H groups in total. The Morgan fingerprint density at radius 3 is 1.28 bits per heavy atom. The highest BCUT2D eigenvalue weighted by molar-refractivity contribution is 7.91. The average Bonchev–Trinajstić information content (AvgIpc) is 2.59. The number of hydrogen-bond acceptors (Lipinski definition) is 3. The third-order valence-corrected chi connectivity index (χ3v) is 15.8. The number of aliphatic carboxylic acids is 2. The van der Waals surface area contributed by atoms with Gasteiger partial charge in [-0.2, -0.15) is 0 Å². The first kappa shape index (κ1) is 19.2. The van der Waals surface area contributed by atoms with Crippen LogP contribution in [0.3, 0.4) is 0 Å². The summed E-state index contributed by atoms with van der Waals surface area (Å²) in [6.07, 6.45) is 8.95. The molecule has 0 saturated heterocycles. The highest BCUT2D eigenvalue weighted by Crippen LogP contribution is 2.87. The Kier molecular flexibility index (Phi) is 3.59. The molecule has 0 radical (unpaired) electrons. The van der Waals surface area contributed by atoms with E-state index in [-0.39, 0.29) is 0 Å². The largest absolute Gasteiger partial charge is 0.481 e. The van der Waals surface area contributed by atoms with Gasteiger partial charge >= 0.3 is 11.9 Å². The van der Waals surface area contributed by atoms with Gasteiger partial charge in [0.25, 0.3) is 0 Å². The van der Waals surface area contributed by atoms with Crippen LogP contribution < -0.4 is 0 Å². The molecule has 0 amide bonds. The Morgan fingerprint density at radius 1 is 0.690 bits per heavy atom. The molecule has 8 rings (SSSR count). The lowest BCUT2D eigenvalue weighted by Crippen LogP contribution is -2.63. The Bertz CT molecular complexity index is 773. The molecule has 7 heteroatoms. The summed E-state index contributed by atoms with van der Waals surface area (Å²) < 4.78 is 14.8. The van der Waals surface area contributed by atoms with Crippen LogP contribution in [0.4, 0.5) is 0 Å². The number of carbonyl (C=O) groups is 2. The molecular weight excluding hydrogens is 411 g/mol. The van der Waals surface area contributed by atoms with Crippen molar-refractivity contribution in [1.82, 2.24) is 0 Å². The van der Waals surface area contributed by atoms with Gasteiger partial charge in [0.15, 0.2) is 6.49 Å². The Balaban J connectivity index is 1.45. The normalized spacial score (nSPS) is 56.3. The molecular formula is C22H30ClO5P. The third-order valence-electron chi connectivity index (χ3n) is 10.2. The molecule has 0 heterocycles. The van der Waals surface area contributed by atoms with Gasteiger partial charge in [0.2, 0.25) is 0 Å². The van der Waals surface area contributed by atoms with Crippen LogP contribution in [0.1, 0.15) is 77.0 Å². The molecule has 8 aliphatic carbocycles. The van der Waals surface area contributed by atoms with Crippen LogP contribution in [0.2, 0.25) is 0 Å². The van der Waals surface area contributed by atoms with Gasteiger partial charge in [0.05, 0.1) is 10.8 Å². The van der Waals surface area contributed by atoms with Gasteiger partial charge in [-0.1, -0.05) is 11.2 Å². The summed E-state index contributed by atoms with van der Waals surface area (Å²) in [6, 6.07) is 0. The van der Waals surface area contributed by atoms with Gasteiger partial charge in [0, 0.05) is 10.3 Å². The summed E-state index contributed by atoms with van der Waals surface area (Å²) in [4.78, 5) is 24.6. The zero-order chi connectivity index (χ0) is 20.4. The minimum absolute atomic E-state index is 0.307. The molecule has 8 bridgehead atoms. The first-order valence-corrected chi connectivity index (χ1v) is 13.9. The summed E-state index contributed by atoms with van der Waals surface area (Å²) in [7, 11) is 0. The predicted octanol–water partition coefficient (Wildman–Crippen LogP) is 5.35. The minimum atomic E-state index is -3.31. The summed E-state index contributed by atoms with van der Waals surface area (Å²) in [5, 5.41) is 19.0. The fraction of sp³-hybridized carbons (Fsp3) is 0.909. The minimum Gasteiger partial charge on any atom is -0.481 e. The Hall–Kier alpha value is -0.540. The molecule has 8 aliphatic rings. The fourth-order valence-corrected chi connectivity index (χ4v) is 15.3. The van der Waals surface area contributed by atoms with E-state index in [1.165, 1.54) is 0 Å². The van der Waals surface area contributed by atoms with Crippen LogP contribution in [-0.2, 0) is 14.2 Å². The maximum absolute atomic E-state index is 14.8. The van der Waals surface area contributed by atoms with E-state index in [4.69, 9.17) is 11.2 Å². The van der Waals surface area contributed by atoms with E-state index in [1.54, 1.807) is 0 Å². The van der Waals surface area contributed by atoms with Crippen LogP contribution in [0.25, 0.3) is 0 Å². The van der Waals surface area contributed by atoms with Gasteiger partial charge in [-0.15, -0.1) is 0 Å². The van der Waals surface area contributed by atoms with E-state index in [2.05, 4.69) is 0 Å². The number of hydrogen-bond donors (Lipinski definition) is 2. The lowest BCUT2D eigenvalue weighted by atomic mass is 9.48. The second kappa shape index (κ2) is 5.44. The molecule has 0 spiro atoms. The van der Waals surface area contributed by atoms with Gasteiger partial charge in [-0.3, -0.25) is 9.59 Å². The quantitative estimate of drug-likeness (QED) is 0.575. The van der Waals surface area contributed by atoms with Crippen molar-refractivity contribution in [1.29, 1.82) is 0 Å². The van der Waals surface area contributed by atoms with Crippen molar-refractivity contribution in [2.75, 3.05) is 0 Å². The van der Waals surface area contributed by atoms with E-state index >= 15 is 0 Å². The lowest BCUT2D eigenvalue weighted by molar-refractivity contribution is -0.164. The summed E-state index contributed by atoms with van der Waals surface area (Å²) >= 11 is 7.28. The third kappa shape index (κ3) is 2.22.